The number of terminal acetylenes is 1. The van der Waals surface area contributed by atoms with E-state index in [1.54, 1.807) is 0 Å². The van der Waals surface area contributed by atoms with E-state index in [0.29, 0.717) is 0 Å². The van der Waals surface area contributed by atoms with Gasteiger partial charge in [0, 0.05) is 10.8 Å². The molecule has 0 saturated heterocycles. The van der Waals surface area contributed by atoms with Gasteiger partial charge in [0.05, 0.1) is 10.8 Å². The summed E-state index contributed by atoms with van der Waals surface area (Å²) < 4.78 is 0. The van der Waals surface area contributed by atoms with Crippen molar-refractivity contribution in [2.75, 3.05) is 0 Å². The van der Waals surface area contributed by atoms with Crippen molar-refractivity contribution in [2.45, 2.75) is 96.9 Å². The molecule has 32 heavy (non-hydrogen) atoms. The van der Waals surface area contributed by atoms with Gasteiger partial charge in [-0.3, -0.25) is 0 Å². The third-order valence-electron chi connectivity index (χ3n) is 14.6. The van der Waals surface area contributed by atoms with Crippen molar-refractivity contribution in [2.24, 2.45) is 54.1 Å². The highest BCUT2D eigenvalue weighted by atomic mass is 15.0. The maximum Gasteiger partial charge on any atom is 0.0661 e. The first-order valence-corrected chi connectivity index (χ1v) is 12.4. The Hall–Kier alpha value is -1.58. The lowest BCUT2D eigenvalue weighted by molar-refractivity contribution is -0.203. The van der Waals surface area contributed by atoms with Gasteiger partial charge in [0.1, 0.15) is 0 Å². The van der Waals surface area contributed by atoms with E-state index < -0.39 is 0 Å². The molecule has 0 heterocycles. The molecule has 0 aromatic heterocycles. The molecule has 4 aliphatic carbocycles. The average molecular weight is 429 g/mol. The third kappa shape index (κ3) is 1.34. The van der Waals surface area contributed by atoms with Gasteiger partial charge in [-0.1, -0.05) is 107 Å². The molecule has 4 rings (SSSR count). The molecule has 4 aliphatic rings. The van der Waals surface area contributed by atoms with E-state index in [9.17, 15) is 0 Å². The van der Waals surface area contributed by atoms with Gasteiger partial charge in [-0.25, -0.2) is 0 Å². The van der Waals surface area contributed by atoms with E-state index in [2.05, 4.69) is 126 Å². The fourth-order valence-electron chi connectivity index (χ4n) is 11.8. The Morgan fingerprint density at radius 3 is 1.56 bits per heavy atom. The van der Waals surface area contributed by atoms with Crippen molar-refractivity contribution in [1.82, 2.24) is 0 Å². The summed E-state index contributed by atoms with van der Waals surface area (Å²) in [5.41, 5.74) is 0.264. The number of allylic oxidation sites excluding steroid dienone is 2. The van der Waals surface area contributed by atoms with Crippen LogP contribution in [0.15, 0.2) is 11.6 Å². The molecular formula is C32H44. The van der Waals surface area contributed by atoms with E-state index in [1.165, 1.54) is 5.57 Å². The van der Waals surface area contributed by atoms with Gasteiger partial charge in [-0.15, -0.1) is 12.3 Å². The maximum absolute atomic E-state index is 5.86. The van der Waals surface area contributed by atoms with Crippen LogP contribution in [0.2, 0.25) is 0 Å². The molecule has 6 atom stereocenters. The molecule has 0 aromatic rings. The highest BCUT2D eigenvalue weighted by Gasteiger charge is 3.03. The summed E-state index contributed by atoms with van der Waals surface area (Å²) in [6.45, 7) is 34.6. The number of hydrogen-bond acceptors (Lipinski definition) is 0. The summed E-state index contributed by atoms with van der Waals surface area (Å²) in [5.74, 6) is 17.4. The number of rotatable bonds is 0. The molecule has 0 aromatic carbocycles. The minimum Gasteiger partial charge on any atom is -0.106 e. The third-order valence-corrected chi connectivity index (χ3v) is 14.6. The van der Waals surface area contributed by atoms with Crippen molar-refractivity contribution in [1.29, 1.82) is 0 Å². The van der Waals surface area contributed by atoms with Crippen LogP contribution in [0.25, 0.3) is 0 Å². The topological polar surface area (TPSA) is 0 Å². The summed E-state index contributed by atoms with van der Waals surface area (Å²) in [4.78, 5) is 0. The lowest BCUT2D eigenvalue weighted by Gasteiger charge is -2.70. The Bertz CT molecular complexity index is 1140. The second-order valence-corrected chi connectivity index (χ2v) is 14.2. The zero-order chi connectivity index (χ0) is 24.8. The first-order chi connectivity index (χ1) is 14.2. The first kappa shape index (κ1) is 23.6. The fraction of sp³-hybridized carbons (Fsp3) is 0.750. The van der Waals surface area contributed by atoms with Gasteiger partial charge in [0.2, 0.25) is 0 Å². The summed E-state index contributed by atoms with van der Waals surface area (Å²) in [7, 11) is 0. The SMILES string of the molecule is C#CC#CC12C3(C)C=C(C)C(C)(C3(C)C)C1(C#CC)C1(C)C(C)(C)C(C)(C)C2(C)C1(C)C. The van der Waals surface area contributed by atoms with Crippen LogP contribution in [-0.4, -0.2) is 0 Å². The van der Waals surface area contributed by atoms with E-state index in [-0.39, 0.29) is 54.1 Å². The molecule has 3 fully saturated rings. The van der Waals surface area contributed by atoms with Crippen molar-refractivity contribution >= 4 is 0 Å². The standard InChI is InChI=1S/C32H44/c1-16-18-20-31-27(12)21-22(3)28(13,25(27,8)9)32(31,19-17-2)30(15)24(6,7)23(4,5)29(31,14)26(30,10)11/h1,21H,2-15H3. The molecule has 0 aliphatic heterocycles. The van der Waals surface area contributed by atoms with Gasteiger partial charge in [0.25, 0.3) is 0 Å². The molecule has 0 N–H and O–H groups in total. The molecule has 6 unspecified atom stereocenters. The second kappa shape index (κ2) is 5.23. The van der Waals surface area contributed by atoms with E-state index in [0.717, 1.165) is 0 Å². The van der Waals surface area contributed by atoms with Crippen LogP contribution in [0.3, 0.4) is 0 Å². The van der Waals surface area contributed by atoms with Crippen LogP contribution >= 0.6 is 0 Å². The molecule has 3 saturated carbocycles. The van der Waals surface area contributed by atoms with Crippen molar-refractivity contribution in [3.8, 4) is 36.0 Å². The largest absolute Gasteiger partial charge is 0.106 e. The summed E-state index contributed by atoms with van der Waals surface area (Å²) in [6.07, 6.45) is 8.45. The van der Waals surface area contributed by atoms with Gasteiger partial charge < -0.3 is 0 Å². The van der Waals surface area contributed by atoms with Crippen LogP contribution in [0, 0.1) is 90.2 Å². The van der Waals surface area contributed by atoms with Crippen LogP contribution < -0.4 is 0 Å². The molecule has 0 heteroatoms. The molecule has 0 nitrogen and oxygen atoms in total. The molecule has 0 amide bonds. The predicted octanol–water partition coefficient (Wildman–Crippen LogP) is 7.75. The lowest BCUT2D eigenvalue weighted by Crippen LogP contribution is -2.69. The number of fused-ring (bicyclic) bond motifs is 9. The molecule has 4 bridgehead atoms. The van der Waals surface area contributed by atoms with Crippen molar-refractivity contribution in [3.63, 3.8) is 0 Å². The monoisotopic (exact) mass is 428 g/mol. The van der Waals surface area contributed by atoms with Gasteiger partial charge in [-0.05, 0) is 58.2 Å². The molecule has 0 spiro atoms. The van der Waals surface area contributed by atoms with E-state index >= 15 is 0 Å². The Balaban J connectivity index is 2.46. The minimum atomic E-state index is -0.378. The van der Waals surface area contributed by atoms with E-state index in [4.69, 9.17) is 6.42 Å². The Morgan fingerprint density at radius 1 is 0.656 bits per heavy atom. The summed E-state index contributed by atoms with van der Waals surface area (Å²) in [5, 5.41) is 0. The first-order valence-electron chi connectivity index (χ1n) is 12.4. The molecular weight excluding hydrogens is 384 g/mol. The predicted molar refractivity (Wildman–Crippen MR) is 136 cm³/mol. The highest BCUT2D eigenvalue weighted by Crippen LogP contribution is 3.05. The Labute approximate surface area is 198 Å². The number of hydrogen-bond donors (Lipinski definition) is 0. The van der Waals surface area contributed by atoms with Crippen molar-refractivity contribution < 1.29 is 0 Å². The second-order valence-electron chi connectivity index (χ2n) is 14.2. The van der Waals surface area contributed by atoms with Crippen molar-refractivity contribution in [3.05, 3.63) is 11.6 Å². The zero-order valence-corrected chi connectivity index (χ0v) is 23.2. The smallest absolute Gasteiger partial charge is 0.0661 e. The maximum atomic E-state index is 5.86. The zero-order valence-electron chi connectivity index (χ0n) is 23.2. The Kier molecular flexibility index (Phi) is 3.85. The highest BCUT2D eigenvalue weighted by molar-refractivity contribution is 5.64. The molecule has 0 radical (unpaired) electrons. The Morgan fingerprint density at radius 2 is 1.12 bits per heavy atom. The van der Waals surface area contributed by atoms with E-state index in [1.807, 2.05) is 6.92 Å². The van der Waals surface area contributed by atoms with Gasteiger partial charge in [-0.2, -0.15) is 0 Å². The molecule has 172 valence electrons. The fourth-order valence-corrected chi connectivity index (χ4v) is 11.8. The quantitative estimate of drug-likeness (QED) is 0.210. The van der Waals surface area contributed by atoms with Crippen LogP contribution in [0.5, 0.6) is 0 Å². The normalized spacial score (nSPS) is 51.6. The minimum absolute atomic E-state index is 0.0160. The van der Waals surface area contributed by atoms with Crippen LogP contribution in [-0.2, 0) is 0 Å². The van der Waals surface area contributed by atoms with Gasteiger partial charge in [0.15, 0.2) is 0 Å². The van der Waals surface area contributed by atoms with Crippen LogP contribution in [0.4, 0.5) is 0 Å². The summed E-state index contributed by atoms with van der Waals surface area (Å²) in [6, 6.07) is 0. The van der Waals surface area contributed by atoms with Gasteiger partial charge >= 0.3 is 0 Å². The average Bonchev–Trinajstić information content (AvgIpc) is 2.96. The lowest BCUT2D eigenvalue weighted by atomic mass is 9.30. The van der Waals surface area contributed by atoms with Crippen LogP contribution in [0.1, 0.15) is 96.9 Å². The summed E-state index contributed by atoms with van der Waals surface area (Å²) >= 11 is 0.